The zero-order valence-corrected chi connectivity index (χ0v) is 18.1. The average molecular weight is 441 g/mol. The van der Waals surface area contributed by atoms with Crippen molar-refractivity contribution in [1.82, 2.24) is 24.5 Å². The molecule has 8 nitrogen and oxygen atoms in total. The van der Waals surface area contributed by atoms with Crippen LogP contribution < -0.4 is 5.14 Å². The highest BCUT2D eigenvalue weighted by Crippen LogP contribution is 2.26. The lowest BCUT2D eigenvalue weighted by Crippen LogP contribution is -2.12. The molecule has 0 saturated heterocycles. The maximum absolute atomic E-state index is 14.7. The van der Waals surface area contributed by atoms with Crippen molar-refractivity contribution in [3.05, 3.63) is 65.8 Å². The molecule has 0 aliphatic rings. The number of nitrogens with zero attached hydrogens (tertiary/aromatic N) is 5. The summed E-state index contributed by atoms with van der Waals surface area (Å²) in [7, 11) is -3.75. The SMILES string of the molecule is Cc1nc2c(F)nc(-c3ccnc(Cc4ccc(S(N)(=O)=O)cc4)n3)cc2n1C(C)C. The second-order valence-corrected chi connectivity index (χ2v) is 9.07. The highest BCUT2D eigenvalue weighted by molar-refractivity contribution is 7.89. The van der Waals surface area contributed by atoms with E-state index in [0.29, 0.717) is 35.0 Å². The quantitative estimate of drug-likeness (QED) is 0.477. The van der Waals surface area contributed by atoms with Gasteiger partial charge in [0.1, 0.15) is 17.2 Å². The molecule has 1 aromatic carbocycles. The zero-order valence-electron chi connectivity index (χ0n) is 17.2. The van der Waals surface area contributed by atoms with Crippen molar-refractivity contribution in [2.24, 2.45) is 5.14 Å². The van der Waals surface area contributed by atoms with E-state index in [4.69, 9.17) is 5.14 Å². The second kappa shape index (κ2) is 7.78. The van der Waals surface area contributed by atoms with Gasteiger partial charge in [0, 0.05) is 18.7 Å². The summed E-state index contributed by atoms with van der Waals surface area (Å²) in [6.07, 6.45) is 1.96. The first-order valence-corrected chi connectivity index (χ1v) is 11.2. The van der Waals surface area contributed by atoms with Crippen LogP contribution in [0.2, 0.25) is 0 Å². The molecule has 31 heavy (non-hydrogen) atoms. The van der Waals surface area contributed by atoms with Gasteiger partial charge in [-0.15, -0.1) is 0 Å². The summed E-state index contributed by atoms with van der Waals surface area (Å²) < 4.78 is 39.4. The van der Waals surface area contributed by atoms with Crippen molar-refractivity contribution in [2.75, 3.05) is 0 Å². The van der Waals surface area contributed by atoms with Crippen LogP contribution in [0.3, 0.4) is 0 Å². The van der Waals surface area contributed by atoms with Crippen LogP contribution in [0.4, 0.5) is 4.39 Å². The molecule has 2 N–H and O–H groups in total. The van der Waals surface area contributed by atoms with Crippen LogP contribution in [-0.4, -0.2) is 32.9 Å². The molecule has 10 heteroatoms. The van der Waals surface area contributed by atoms with Crippen LogP contribution in [-0.2, 0) is 16.4 Å². The van der Waals surface area contributed by atoms with Gasteiger partial charge in [0.2, 0.25) is 16.0 Å². The number of hydrogen-bond acceptors (Lipinski definition) is 6. The van der Waals surface area contributed by atoms with E-state index in [2.05, 4.69) is 19.9 Å². The van der Waals surface area contributed by atoms with Crippen LogP contribution in [0.25, 0.3) is 22.4 Å². The Hall–Kier alpha value is -3.24. The standard InChI is InChI=1S/C21H21FN6O2S/c1-12(2)28-13(3)25-20-18(28)11-17(27-21(20)22)16-8-9-24-19(26-16)10-14-4-6-15(7-5-14)31(23,29)30/h4-9,11-12H,10H2,1-3H3,(H2,23,29,30). The van der Waals surface area contributed by atoms with Gasteiger partial charge in [-0.3, -0.25) is 0 Å². The molecule has 4 rings (SSSR count). The molecule has 0 radical (unpaired) electrons. The third-order valence-corrected chi connectivity index (χ3v) is 5.84. The molecule has 3 heterocycles. The number of primary sulfonamides is 1. The first-order valence-electron chi connectivity index (χ1n) is 9.62. The Morgan fingerprint density at radius 3 is 2.42 bits per heavy atom. The highest BCUT2D eigenvalue weighted by atomic mass is 32.2. The molecule has 0 fully saturated rings. The van der Waals surface area contributed by atoms with Gasteiger partial charge < -0.3 is 4.57 Å². The third-order valence-electron chi connectivity index (χ3n) is 4.91. The molecular weight excluding hydrogens is 419 g/mol. The normalized spacial score (nSPS) is 12.1. The van der Waals surface area contributed by atoms with Crippen molar-refractivity contribution >= 4 is 21.1 Å². The van der Waals surface area contributed by atoms with Crippen LogP contribution in [0.15, 0.2) is 47.5 Å². The van der Waals surface area contributed by atoms with Gasteiger partial charge in [0.15, 0.2) is 0 Å². The van der Waals surface area contributed by atoms with Gasteiger partial charge in [-0.05, 0) is 50.6 Å². The molecule has 0 saturated carbocycles. The largest absolute Gasteiger partial charge is 0.325 e. The Bertz CT molecular complexity index is 1380. The Morgan fingerprint density at radius 2 is 1.77 bits per heavy atom. The fourth-order valence-corrected chi connectivity index (χ4v) is 4.08. The molecule has 0 spiro atoms. The Kier molecular flexibility index (Phi) is 5.28. The molecule has 4 aromatic rings. The van der Waals surface area contributed by atoms with Crippen LogP contribution in [0.1, 0.15) is 37.1 Å². The van der Waals surface area contributed by atoms with Crippen molar-refractivity contribution in [3.63, 3.8) is 0 Å². The van der Waals surface area contributed by atoms with Crippen molar-refractivity contribution < 1.29 is 12.8 Å². The number of nitrogens with two attached hydrogens (primary N) is 1. The summed E-state index contributed by atoms with van der Waals surface area (Å²) >= 11 is 0. The summed E-state index contributed by atoms with van der Waals surface area (Å²) in [5.74, 6) is 0.569. The van der Waals surface area contributed by atoms with Crippen molar-refractivity contribution in [3.8, 4) is 11.4 Å². The number of sulfonamides is 1. The molecule has 160 valence electrons. The lowest BCUT2D eigenvalue weighted by Gasteiger charge is -2.11. The number of pyridine rings is 1. The molecule has 0 amide bonds. The Balaban J connectivity index is 1.70. The number of hydrogen-bond donors (Lipinski definition) is 1. The lowest BCUT2D eigenvalue weighted by atomic mass is 10.1. The number of aromatic nitrogens is 5. The number of halogens is 1. The fraction of sp³-hybridized carbons (Fsp3) is 0.238. The van der Waals surface area contributed by atoms with E-state index in [1.165, 1.54) is 12.1 Å². The van der Waals surface area contributed by atoms with E-state index in [1.807, 2.05) is 25.3 Å². The number of imidazole rings is 1. The highest BCUT2D eigenvalue weighted by Gasteiger charge is 2.17. The minimum atomic E-state index is -3.75. The molecule has 3 aromatic heterocycles. The van der Waals surface area contributed by atoms with Gasteiger partial charge in [0.05, 0.1) is 21.8 Å². The van der Waals surface area contributed by atoms with E-state index >= 15 is 0 Å². The van der Waals surface area contributed by atoms with E-state index in [1.54, 1.807) is 30.5 Å². The maximum atomic E-state index is 14.7. The van der Waals surface area contributed by atoms with Crippen molar-refractivity contribution in [2.45, 2.75) is 38.1 Å². The Labute approximate surface area is 179 Å². The van der Waals surface area contributed by atoms with Crippen molar-refractivity contribution in [1.29, 1.82) is 0 Å². The third kappa shape index (κ3) is 4.17. The van der Waals surface area contributed by atoms with Crippen LogP contribution in [0.5, 0.6) is 0 Å². The topological polar surface area (TPSA) is 117 Å². The maximum Gasteiger partial charge on any atom is 0.241 e. The first kappa shape index (κ1) is 21.0. The molecule has 0 aliphatic carbocycles. The second-order valence-electron chi connectivity index (χ2n) is 7.51. The summed E-state index contributed by atoms with van der Waals surface area (Å²) in [5, 5.41) is 5.13. The molecule has 0 unspecified atom stereocenters. The lowest BCUT2D eigenvalue weighted by molar-refractivity contribution is 0.593. The smallest absolute Gasteiger partial charge is 0.241 e. The molecule has 0 bridgehead atoms. The van der Waals surface area contributed by atoms with E-state index in [9.17, 15) is 12.8 Å². The minimum absolute atomic E-state index is 0.0379. The van der Waals surface area contributed by atoms with Gasteiger partial charge in [-0.1, -0.05) is 12.1 Å². The number of rotatable bonds is 5. The van der Waals surface area contributed by atoms with Gasteiger partial charge in [-0.25, -0.2) is 33.5 Å². The number of fused-ring (bicyclic) bond motifs is 1. The number of aryl methyl sites for hydroxylation is 1. The summed E-state index contributed by atoms with van der Waals surface area (Å²) in [5.41, 5.74) is 2.58. The van der Waals surface area contributed by atoms with E-state index in [0.717, 1.165) is 5.56 Å². The van der Waals surface area contributed by atoms with Crippen LogP contribution >= 0.6 is 0 Å². The molecule has 0 atom stereocenters. The summed E-state index contributed by atoms with van der Waals surface area (Å²) in [6.45, 7) is 5.86. The van der Waals surface area contributed by atoms with Crippen LogP contribution in [0, 0.1) is 12.9 Å². The monoisotopic (exact) mass is 440 g/mol. The zero-order chi connectivity index (χ0) is 22.3. The molecule has 0 aliphatic heterocycles. The fourth-order valence-electron chi connectivity index (χ4n) is 3.56. The summed E-state index contributed by atoms with van der Waals surface area (Å²) in [6, 6.07) is 9.76. The van der Waals surface area contributed by atoms with E-state index in [-0.39, 0.29) is 16.5 Å². The number of benzene rings is 1. The van der Waals surface area contributed by atoms with E-state index < -0.39 is 16.0 Å². The predicted octanol–water partition coefficient (Wildman–Crippen LogP) is 3.15. The predicted molar refractivity (Wildman–Crippen MR) is 114 cm³/mol. The minimum Gasteiger partial charge on any atom is -0.325 e. The summed E-state index contributed by atoms with van der Waals surface area (Å²) in [4.78, 5) is 17.2. The van der Waals surface area contributed by atoms with Gasteiger partial charge >= 0.3 is 0 Å². The Morgan fingerprint density at radius 1 is 1.06 bits per heavy atom. The van der Waals surface area contributed by atoms with Gasteiger partial charge in [-0.2, -0.15) is 4.39 Å². The molecular formula is C21H21FN6O2S. The van der Waals surface area contributed by atoms with Gasteiger partial charge in [0.25, 0.3) is 0 Å². The average Bonchev–Trinajstić information content (AvgIpc) is 3.04. The first-order chi connectivity index (χ1) is 14.6.